The summed E-state index contributed by atoms with van der Waals surface area (Å²) in [6.45, 7) is 9.54. The number of aromatic nitrogens is 2. The molecule has 0 radical (unpaired) electrons. The Balaban J connectivity index is 1.41. The molecule has 0 unspecified atom stereocenters. The van der Waals surface area contributed by atoms with Crippen molar-refractivity contribution in [2.45, 2.75) is 78.1 Å². The monoisotopic (exact) mass is 517 g/mol. The third kappa shape index (κ3) is 7.94. The number of ether oxygens (including phenoxy) is 3. The van der Waals surface area contributed by atoms with Gasteiger partial charge >= 0.3 is 6.09 Å². The van der Waals surface area contributed by atoms with Crippen molar-refractivity contribution in [3.8, 4) is 22.8 Å². The number of unbranched alkanes of at least 4 members (excludes halogenated alkanes) is 1. The zero-order valence-corrected chi connectivity index (χ0v) is 23.0. The second-order valence-corrected chi connectivity index (χ2v) is 10.7. The zero-order valence-electron chi connectivity index (χ0n) is 23.0. The van der Waals surface area contributed by atoms with Gasteiger partial charge in [0.15, 0.2) is 0 Å². The van der Waals surface area contributed by atoms with Crippen LogP contribution in [0, 0.1) is 0 Å². The van der Waals surface area contributed by atoms with Gasteiger partial charge in [0.1, 0.15) is 24.1 Å². The summed E-state index contributed by atoms with van der Waals surface area (Å²) >= 11 is 0. The van der Waals surface area contributed by atoms with Gasteiger partial charge < -0.3 is 19.1 Å². The van der Waals surface area contributed by atoms with Gasteiger partial charge in [-0.05, 0) is 56.9 Å². The Morgan fingerprint density at radius 3 is 2.37 bits per heavy atom. The van der Waals surface area contributed by atoms with Crippen molar-refractivity contribution in [2.75, 3.05) is 13.1 Å². The predicted octanol–water partition coefficient (Wildman–Crippen LogP) is 6.84. The molecule has 1 aromatic heterocycles. The minimum atomic E-state index is -0.498. The number of carbonyl (C=O) groups is 1. The molecular weight excluding hydrogens is 478 g/mol. The van der Waals surface area contributed by atoms with Crippen LogP contribution in [0.4, 0.5) is 4.79 Å². The average molecular weight is 518 g/mol. The van der Waals surface area contributed by atoms with E-state index in [4.69, 9.17) is 14.2 Å². The first-order valence-electron chi connectivity index (χ1n) is 13.6. The van der Waals surface area contributed by atoms with E-state index in [9.17, 15) is 4.79 Å². The maximum atomic E-state index is 12.4. The second kappa shape index (κ2) is 12.8. The summed E-state index contributed by atoms with van der Waals surface area (Å²) in [7, 11) is 0. The predicted molar refractivity (Wildman–Crippen MR) is 148 cm³/mol. The molecule has 2 aromatic carbocycles. The van der Waals surface area contributed by atoms with E-state index in [-0.39, 0.29) is 12.2 Å². The number of hydrogen-bond acceptors (Lipinski definition) is 6. The highest BCUT2D eigenvalue weighted by molar-refractivity contribution is 5.68. The number of aryl methyl sites for hydroxylation is 1. The topological polar surface area (TPSA) is 73.8 Å². The van der Waals surface area contributed by atoms with Gasteiger partial charge in [0.25, 0.3) is 0 Å². The van der Waals surface area contributed by atoms with E-state index in [2.05, 4.69) is 41.4 Å². The minimum Gasteiger partial charge on any atom is -0.489 e. The SMILES string of the molecule is CCCCc1nnc(OC2CCN(C(=O)OC(C)(C)C)CC2)cc1-c1ccc(OCc2ccccc2)cc1. The molecule has 0 saturated carbocycles. The molecule has 1 aliphatic heterocycles. The van der Waals surface area contributed by atoms with Gasteiger partial charge in [0.05, 0.1) is 5.69 Å². The van der Waals surface area contributed by atoms with Crippen LogP contribution >= 0.6 is 0 Å². The summed E-state index contributed by atoms with van der Waals surface area (Å²) in [4.78, 5) is 14.1. The lowest BCUT2D eigenvalue weighted by molar-refractivity contribution is 0.0122. The Kier molecular flexibility index (Phi) is 9.21. The van der Waals surface area contributed by atoms with Crippen LogP contribution in [-0.4, -0.2) is 46.0 Å². The molecule has 4 rings (SSSR count). The summed E-state index contributed by atoms with van der Waals surface area (Å²) in [5.74, 6) is 1.34. The van der Waals surface area contributed by atoms with Gasteiger partial charge in [-0.2, -0.15) is 5.10 Å². The lowest BCUT2D eigenvalue weighted by Crippen LogP contribution is -2.44. The first-order chi connectivity index (χ1) is 18.3. The number of hydrogen-bond donors (Lipinski definition) is 0. The summed E-state index contributed by atoms with van der Waals surface area (Å²) in [6, 6.07) is 20.3. The number of piperidine rings is 1. The molecule has 0 atom stereocenters. The summed E-state index contributed by atoms with van der Waals surface area (Å²) in [5.41, 5.74) is 3.70. The van der Waals surface area contributed by atoms with Crippen LogP contribution in [0.1, 0.15) is 64.6 Å². The fourth-order valence-electron chi connectivity index (χ4n) is 4.36. The van der Waals surface area contributed by atoms with E-state index >= 15 is 0 Å². The lowest BCUT2D eigenvalue weighted by atomic mass is 10.0. The smallest absolute Gasteiger partial charge is 0.410 e. The molecule has 1 amide bonds. The van der Waals surface area contributed by atoms with Crippen LogP contribution < -0.4 is 9.47 Å². The molecule has 2 heterocycles. The number of amides is 1. The number of rotatable bonds is 9. The molecule has 3 aromatic rings. The molecule has 7 nitrogen and oxygen atoms in total. The van der Waals surface area contributed by atoms with Crippen molar-refractivity contribution in [1.82, 2.24) is 15.1 Å². The first-order valence-corrected chi connectivity index (χ1v) is 13.6. The summed E-state index contributed by atoms with van der Waals surface area (Å²) in [5, 5.41) is 8.94. The summed E-state index contributed by atoms with van der Waals surface area (Å²) < 4.78 is 17.7. The maximum Gasteiger partial charge on any atom is 0.410 e. The number of benzene rings is 2. The molecule has 0 N–H and O–H groups in total. The molecule has 1 saturated heterocycles. The molecule has 0 bridgehead atoms. The van der Waals surface area contributed by atoms with E-state index in [1.807, 2.05) is 57.2 Å². The third-order valence-electron chi connectivity index (χ3n) is 6.41. The molecule has 202 valence electrons. The van der Waals surface area contributed by atoms with Gasteiger partial charge in [-0.15, -0.1) is 5.10 Å². The Bertz CT molecular complexity index is 1170. The molecule has 0 aliphatic carbocycles. The van der Waals surface area contributed by atoms with Crippen LogP contribution in [0.2, 0.25) is 0 Å². The van der Waals surface area contributed by atoms with Crippen molar-refractivity contribution in [3.05, 3.63) is 71.9 Å². The fraction of sp³-hybridized carbons (Fsp3) is 0.452. The summed E-state index contributed by atoms with van der Waals surface area (Å²) in [6.07, 6.45) is 4.15. The highest BCUT2D eigenvalue weighted by Crippen LogP contribution is 2.29. The van der Waals surface area contributed by atoms with Crippen LogP contribution in [-0.2, 0) is 17.8 Å². The van der Waals surface area contributed by atoms with Crippen LogP contribution in [0.3, 0.4) is 0 Å². The average Bonchev–Trinajstić information content (AvgIpc) is 2.91. The van der Waals surface area contributed by atoms with Crippen LogP contribution in [0.25, 0.3) is 11.1 Å². The molecule has 1 aliphatic rings. The molecule has 38 heavy (non-hydrogen) atoms. The Morgan fingerprint density at radius 2 is 1.71 bits per heavy atom. The van der Waals surface area contributed by atoms with Gasteiger partial charge in [0.2, 0.25) is 5.88 Å². The van der Waals surface area contributed by atoms with E-state index in [0.717, 1.165) is 60.2 Å². The minimum absolute atomic E-state index is 0.0221. The Hall–Kier alpha value is -3.61. The second-order valence-electron chi connectivity index (χ2n) is 10.7. The van der Waals surface area contributed by atoms with Gasteiger partial charge in [-0.3, -0.25) is 0 Å². The Morgan fingerprint density at radius 1 is 1.00 bits per heavy atom. The maximum absolute atomic E-state index is 12.4. The van der Waals surface area contributed by atoms with E-state index in [0.29, 0.717) is 25.6 Å². The zero-order chi connectivity index (χ0) is 27.0. The Labute approximate surface area is 226 Å². The van der Waals surface area contributed by atoms with E-state index in [1.54, 1.807) is 4.90 Å². The van der Waals surface area contributed by atoms with Crippen molar-refractivity contribution in [1.29, 1.82) is 0 Å². The van der Waals surface area contributed by atoms with Crippen molar-refractivity contribution in [3.63, 3.8) is 0 Å². The molecule has 7 heteroatoms. The molecule has 0 spiro atoms. The lowest BCUT2D eigenvalue weighted by Gasteiger charge is -2.33. The molecular formula is C31H39N3O4. The van der Waals surface area contributed by atoms with Crippen LogP contribution in [0.15, 0.2) is 60.7 Å². The highest BCUT2D eigenvalue weighted by Gasteiger charge is 2.28. The highest BCUT2D eigenvalue weighted by atomic mass is 16.6. The number of nitrogens with zero attached hydrogens (tertiary/aromatic N) is 3. The quantitative estimate of drug-likeness (QED) is 0.309. The molecule has 1 fully saturated rings. The number of carbonyl (C=O) groups excluding carboxylic acids is 1. The van der Waals surface area contributed by atoms with E-state index < -0.39 is 5.60 Å². The van der Waals surface area contributed by atoms with Crippen molar-refractivity contribution < 1.29 is 19.0 Å². The number of likely N-dealkylation sites (tertiary alicyclic amines) is 1. The fourth-order valence-corrected chi connectivity index (χ4v) is 4.36. The van der Waals surface area contributed by atoms with E-state index in [1.165, 1.54) is 0 Å². The van der Waals surface area contributed by atoms with Gasteiger partial charge in [-0.25, -0.2) is 4.79 Å². The largest absolute Gasteiger partial charge is 0.489 e. The standard InChI is InChI=1S/C31H39N3O4/c1-5-6-12-28-27(24-13-15-25(16-14-24)36-22-23-10-8-7-9-11-23)21-29(33-32-28)37-26-17-19-34(20-18-26)30(35)38-31(2,3)4/h7-11,13-16,21,26H,5-6,12,17-20,22H2,1-4H3. The van der Waals surface area contributed by atoms with Gasteiger partial charge in [0, 0.05) is 37.6 Å². The normalized spacial score (nSPS) is 14.3. The first kappa shape index (κ1) is 27.4. The van der Waals surface area contributed by atoms with Crippen molar-refractivity contribution in [2.24, 2.45) is 0 Å². The third-order valence-corrected chi connectivity index (χ3v) is 6.41. The van der Waals surface area contributed by atoms with Crippen LogP contribution in [0.5, 0.6) is 11.6 Å². The van der Waals surface area contributed by atoms with Crippen molar-refractivity contribution >= 4 is 6.09 Å². The van der Waals surface area contributed by atoms with Gasteiger partial charge in [-0.1, -0.05) is 55.8 Å².